The van der Waals surface area contributed by atoms with E-state index in [1.165, 1.54) is 19.4 Å². The molecule has 0 atom stereocenters. The van der Waals surface area contributed by atoms with E-state index in [2.05, 4.69) is 4.98 Å². The fourth-order valence-corrected chi connectivity index (χ4v) is 1.64. The van der Waals surface area contributed by atoms with Crippen molar-refractivity contribution in [3.8, 4) is 17.0 Å². The van der Waals surface area contributed by atoms with E-state index in [0.29, 0.717) is 6.07 Å². The Kier molecular flexibility index (Phi) is 3.42. The molecule has 0 amide bonds. The quantitative estimate of drug-likeness (QED) is 0.772. The van der Waals surface area contributed by atoms with Crippen molar-refractivity contribution in [2.24, 2.45) is 0 Å². The molecule has 19 heavy (non-hydrogen) atoms. The smallest absolute Gasteiger partial charge is 0.416 e. The largest absolute Gasteiger partial charge is 0.494 e. The monoisotopic (exact) mass is 271 g/mol. The minimum absolute atomic E-state index is 0.0357. The average Bonchev–Trinajstić information content (AvgIpc) is 2.38. The molecule has 2 rings (SSSR count). The number of ether oxygens (including phenoxy) is 1. The molecule has 1 aromatic heterocycles. The Morgan fingerprint density at radius 2 is 1.89 bits per heavy atom. The van der Waals surface area contributed by atoms with Crippen LogP contribution >= 0.6 is 0 Å². The van der Waals surface area contributed by atoms with Crippen LogP contribution in [0.3, 0.4) is 0 Å². The van der Waals surface area contributed by atoms with Gasteiger partial charge in [0.2, 0.25) is 0 Å². The maximum absolute atomic E-state index is 13.7. The van der Waals surface area contributed by atoms with Crippen molar-refractivity contribution in [2.75, 3.05) is 7.11 Å². The first kappa shape index (κ1) is 13.3. The van der Waals surface area contributed by atoms with Crippen LogP contribution in [0.4, 0.5) is 17.6 Å². The molecule has 100 valence electrons. The predicted octanol–water partition coefficient (Wildman–Crippen LogP) is 3.92. The topological polar surface area (TPSA) is 22.1 Å². The van der Waals surface area contributed by atoms with Crippen LogP contribution in [0, 0.1) is 5.82 Å². The average molecular weight is 271 g/mol. The lowest BCUT2D eigenvalue weighted by atomic mass is 10.1. The second-order valence-electron chi connectivity index (χ2n) is 3.75. The fourth-order valence-electron chi connectivity index (χ4n) is 1.64. The van der Waals surface area contributed by atoms with Crippen molar-refractivity contribution in [3.63, 3.8) is 0 Å². The van der Waals surface area contributed by atoms with E-state index in [-0.39, 0.29) is 17.0 Å². The summed E-state index contributed by atoms with van der Waals surface area (Å²) in [5, 5.41) is 0. The van der Waals surface area contributed by atoms with Crippen molar-refractivity contribution in [2.45, 2.75) is 6.18 Å². The molecule has 0 aliphatic heterocycles. The SMILES string of the molecule is COc1cccnc1-c1cc(C(F)(F)F)ccc1F. The third-order valence-corrected chi connectivity index (χ3v) is 2.54. The van der Waals surface area contributed by atoms with Gasteiger partial charge in [-0.3, -0.25) is 4.98 Å². The van der Waals surface area contributed by atoms with Gasteiger partial charge in [-0.1, -0.05) is 0 Å². The van der Waals surface area contributed by atoms with Crippen molar-refractivity contribution < 1.29 is 22.3 Å². The second kappa shape index (κ2) is 4.87. The van der Waals surface area contributed by atoms with Gasteiger partial charge in [-0.2, -0.15) is 13.2 Å². The molecule has 0 saturated carbocycles. The summed E-state index contributed by atoms with van der Waals surface area (Å²) in [6.45, 7) is 0. The van der Waals surface area contributed by atoms with Crippen molar-refractivity contribution in [1.29, 1.82) is 0 Å². The number of methoxy groups -OCH3 is 1. The molecule has 0 aliphatic carbocycles. The number of pyridine rings is 1. The highest BCUT2D eigenvalue weighted by molar-refractivity contribution is 5.67. The normalized spacial score (nSPS) is 11.4. The Bertz CT molecular complexity index is 595. The van der Waals surface area contributed by atoms with Crippen LogP contribution < -0.4 is 4.74 Å². The number of benzene rings is 1. The van der Waals surface area contributed by atoms with Crippen molar-refractivity contribution in [1.82, 2.24) is 4.98 Å². The number of aromatic nitrogens is 1. The summed E-state index contributed by atoms with van der Waals surface area (Å²) in [4.78, 5) is 3.87. The van der Waals surface area contributed by atoms with E-state index in [1.807, 2.05) is 0 Å². The second-order valence-corrected chi connectivity index (χ2v) is 3.75. The van der Waals surface area contributed by atoms with Crippen LogP contribution in [0.2, 0.25) is 0 Å². The van der Waals surface area contributed by atoms with Gasteiger partial charge >= 0.3 is 6.18 Å². The fraction of sp³-hybridized carbons (Fsp3) is 0.154. The molecule has 0 N–H and O–H groups in total. The maximum atomic E-state index is 13.7. The molecule has 0 saturated heterocycles. The van der Waals surface area contributed by atoms with Gasteiger partial charge in [-0.05, 0) is 30.3 Å². The number of alkyl halides is 3. The first-order valence-electron chi connectivity index (χ1n) is 5.29. The molecule has 2 nitrogen and oxygen atoms in total. The zero-order chi connectivity index (χ0) is 14.0. The van der Waals surface area contributed by atoms with Crippen molar-refractivity contribution in [3.05, 3.63) is 47.9 Å². The van der Waals surface area contributed by atoms with Gasteiger partial charge in [0.1, 0.15) is 17.3 Å². The molecule has 0 unspecified atom stereocenters. The summed E-state index contributed by atoms with van der Waals surface area (Å²) in [6, 6.07) is 5.23. The lowest BCUT2D eigenvalue weighted by Crippen LogP contribution is -2.06. The minimum atomic E-state index is -4.54. The predicted molar refractivity (Wildman–Crippen MR) is 61.2 cm³/mol. The molecule has 0 spiro atoms. The highest BCUT2D eigenvalue weighted by atomic mass is 19.4. The maximum Gasteiger partial charge on any atom is 0.416 e. The van der Waals surface area contributed by atoms with Gasteiger partial charge < -0.3 is 4.74 Å². The molecule has 0 fully saturated rings. The summed E-state index contributed by atoms with van der Waals surface area (Å²) in [6.07, 6.45) is -3.18. The van der Waals surface area contributed by atoms with Crippen LogP contribution in [0.5, 0.6) is 5.75 Å². The first-order valence-corrected chi connectivity index (χ1v) is 5.29. The van der Waals surface area contributed by atoms with Gasteiger partial charge in [0.25, 0.3) is 0 Å². The summed E-state index contributed by atoms with van der Waals surface area (Å²) in [5.41, 5.74) is -1.14. The highest BCUT2D eigenvalue weighted by Crippen LogP contribution is 2.35. The molecule has 6 heteroatoms. The third kappa shape index (κ3) is 2.67. The van der Waals surface area contributed by atoms with Gasteiger partial charge in [0.15, 0.2) is 0 Å². The zero-order valence-corrected chi connectivity index (χ0v) is 9.83. The summed E-state index contributed by atoms with van der Waals surface area (Å²) in [5.74, 6) is -0.578. The lowest BCUT2D eigenvalue weighted by molar-refractivity contribution is -0.137. The lowest BCUT2D eigenvalue weighted by Gasteiger charge is -2.11. The van der Waals surface area contributed by atoms with Crippen LogP contribution in [0.15, 0.2) is 36.5 Å². The molecule has 0 aliphatic rings. The highest BCUT2D eigenvalue weighted by Gasteiger charge is 2.31. The minimum Gasteiger partial charge on any atom is -0.494 e. The molecule has 2 aromatic rings. The van der Waals surface area contributed by atoms with E-state index in [1.54, 1.807) is 6.07 Å². The summed E-state index contributed by atoms with van der Waals surface area (Å²) in [7, 11) is 1.34. The Morgan fingerprint density at radius 3 is 2.53 bits per heavy atom. The van der Waals surface area contributed by atoms with Crippen LogP contribution in [-0.4, -0.2) is 12.1 Å². The number of rotatable bonds is 2. The summed E-state index contributed by atoms with van der Waals surface area (Å²) >= 11 is 0. The zero-order valence-electron chi connectivity index (χ0n) is 9.83. The number of nitrogens with zero attached hydrogens (tertiary/aromatic N) is 1. The van der Waals surface area contributed by atoms with Crippen LogP contribution in [0.25, 0.3) is 11.3 Å². The van der Waals surface area contributed by atoms with Gasteiger partial charge in [0.05, 0.1) is 12.7 Å². The van der Waals surface area contributed by atoms with Crippen LogP contribution in [-0.2, 0) is 6.18 Å². The van der Waals surface area contributed by atoms with E-state index in [0.717, 1.165) is 12.1 Å². The molecule has 0 bridgehead atoms. The van der Waals surface area contributed by atoms with E-state index >= 15 is 0 Å². The molecule has 1 aromatic carbocycles. The number of hydrogen-bond acceptors (Lipinski definition) is 2. The summed E-state index contributed by atoms with van der Waals surface area (Å²) < 4.78 is 56.5. The van der Waals surface area contributed by atoms with Gasteiger partial charge in [-0.15, -0.1) is 0 Å². The molecular weight excluding hydrogens is 262 g/mol. The van der Waals surface area contributed by atoms with Gasteiger partial charge in [-0.25, -0.2) is 4.39 Å². The van der Waals surface area contributed by atoms with Crippen molar-refractivity contribution >= 4 is 0 Å². The van der Waals surface area contributed by atoms with E-state index in [9.17, 15) is 17.6 Å². The third-order valence-electron chi connectivity index (χ3n) is 2.54. The Balaban J connectivity index is 2.61. The molecular formula is C13H9F4NO. The Morgan fingerprint density at radius 1 is 1.16 bits per heavy atom. The molecule has 0 radical (unpaired) electrons. The van der Waals surface area contributed by atoms with Crippen LogP contribution in [0.1, 0.15) is 5.56 Å². The Hall–Kier alpha value is -2.11. The standard InChI is InChI=1S/C13H9F4NO/c1-19-11-3-2-6-18-12(11)9-7-8(13(15,16)17)4-5-10(9)14/h2-7H,1H3. The number of hydrogen-bond donors (Lipinski definition) is 0. The Labute approximate surface area is 106 Å². The van der Waals surface area contributed by atoms with E-state index in [4.69, 9.17) is 4.74 Å². The first-order chi connectivity index (χ1) is 8.93. The molecule has 1 heterocycles. The van der Waals surface area contributed by atoms with E-state index < -0.39 is 17.6 Å². The van der Waals surface area contributed by atoms with Gasteiger partial charge in [0, 0.05) is 11.8 Å². The number of halogens is 4.